The highest BCUT2D eigenvalue weighted by atomic mass is 16.5. The Labute approximate surface area is 293 Å². The van der Waals surface area contributed by atoms with Crippen LogP contribution in [0.5, 0.6) is 11.5 Å². The Bertz CT molecular complexity index is 1980. The summed E-state index contributed by atoms with van der Waals surface area (Å²) in [5, 5.41) is 5.19. The number of ether oxygens (including phenoxy) is 2. The molecule has 0 amide bonds. The van der Waals surface area contributed by atoms with E-state index in [1.165, 1.54) is 114 Å². The fourth-order valence-corrected chi connectivity index (χ4v) is 8.09. The molecule has 0 aromatic heterocycles. The van der Waals surface area contributed by atoms with Crippen LogP contribution in [0.2, 0.25) is 0 Å². The fraction of sp³-hybridized carbons (Fsp3) is 0.319. The molecule has 0 spiro atoms. The molecular formula is C47H50O2. The average Bonchev–Trinajstić information content (AvgIpc) is 3.41. The summed E-state index contributed by atoms with van der Waals surface area (Å²) in [4.78, 5) is 0. The van der Waals surface area contributed by atoms with Gasteiger partial charge in [-0.3, -0.25) is 0 Å². The van der Waals surface area contributed by atoms with E-state index in [2.05, 4.69) is 135 Å². The summed E-state index contributed by atoms with van der Waals surface area (Å²) in [7, 11) is 0. The molecule has 0 aliphatic heterocycles. The summed E-state index contributed by atoms with van der Waals surface area (Å²) in [5.74, 6) is 1.86. The summed E-state index contributed by atoms with van der Waals surface area (Å²) in [6.45, 7) is 5.78. The Kier molecular flexibility index (Phi) is 10.3. The summed E-state index contributed by atoms with van der Waals surface area (Å²) in [6.07, 6.45) is 12.5. The molecule has 250 valence electrons. The van der Waals surface area contributed by atoms with E-state index in [0.717, 1.165) is 11.5 Å². The number of benzene rings is 6. The van der Waals surface area contributed by atoms with E-state index in [9.17, 15) is 0 Å². The Morgan fingerprint density at radius 1 is 0.469 bits per heavy atom. The van der Waals surface area contributed by atoms with Crippen LogP contribution >= 0.6 is 0 Å². The van der Waals surface area contributed by atoms with Crippen LogP contribution in [-0.4, -0.2) is 0 Å². The highest BCUT2D eigenvalue weighted by molar-refractivity contribution is 6.01. The molecule has 1 aliphatic rings. The maximum atomic E-state index is 6.32. The van der Waals surface area contributed by atoms with Gasteiger partial charge in [0.2, 0.25) is 0 Å². The van der Waals surface area contributed by atoms with Crippen molar-refractivity contribution < 1.29 is 9.47 Å². The molecule has 0 saturated carbocycles. The Balaban J connectivity index is 1.31. The predicted octanol–water partition coefficient (Wildman–Crippen LogP) is 13.4. The van der Waals surface area contributed by atoms with E-state index >= 15 is 0 Å². The van der Waals surface area contributed by atoms with Gasteiger partial charge in [-0.25, -0.2) is 0 Å². The molecule has 1 aliphatic carbocycles. The average molecular weight is 647 g/mol. The van der Waals surface area contributed by atoms with E-state index in [1.807, 2.05) is 0 Å². The van der Waals surface area contributed by atoms with Gasteiger partial charge in [-0.2, -0.15) is 0 Å². The summed E-state index contributed by atoms with van der Waals surface area (Å²) >= 11 is 0. The van der Waals surface area contributed by atoms with Crippen molar-refractivity contribution in [1.82, 2.24) is 0 Å². The molecule has 49 heavy (non-hydrogen) atoms. The molecule has 6 aromatic carbocycles. The standard InChI is InChI=1S/C47H50O2/c1-3-5-7-15-27-47(28-16-8-6-4-2)45-32-39-30-40(48-33-35-17-11-9-12-18-35)23-21-37(39)31-44(45)43-25-22-38-29-41(24-26-42(38)46(43)47)49-34-36-19-13-10-14-20-36/h9-14,17-26,29-32H,3-8,15-16,27-28,33-34H2,1-2H3. The third-order valence-electron chi connectivity index (χ3n) is 10.6. The zero-order valence-electron chi connectivity index (χ0n) is 29.3. The lowest BCUT2D eigenvalue weighted by molar-refractivity contribution is 0.306. The maximum absolute atomic E-state index is 6.32. The molecule has 2 heteroatoms. The number of hydrogen-bond acceptors (Lipinski definition) is 2. The first-order chi connectivity index (χ1) is 24.2. The minimum Gasteiger partial charge on any atom is -0.489 e. The molecule has 0 saturated heterocycles. The predicted molar refractivity (Wildman–Crippen MR) is 207 cm³/mol. The number of unbranched alkanes of at least 4 members (excludes halogenated alkanes) is 6. The first kappa shape index (κ1) is 33.0. The molecule has 0 heterocycles. The van der Waals surface area contributed by atoms with Crippen molar-refractivity contribution >= 4 is 21.5 Å². The topological polar surface area (TPSA) is 18.5 Å². The first-order valence-electron chi connectivity index (χ1n) is 18.7. The van der Waals surface area contributed by atoms with Gasteiger partial charge in [0.05, 0.1) is 0 Å². The van der Waals surface area contributed by atoms with Crippen molar-refractivity contribution in [3.8, 4) is 22.6 Å². The summed E-state index contributed by atoms with van der Waals surface area (Å²) in [5.41, 5.74) is 8.23. The van der Waals surface area contributed by atoms with Gasteiger partial charge >= 0.3 is 0 Å². The summed E-state index contributed by atoms with van der Waals surface area (Å²) < 4.78 is 12.6. The molecule has 0 N–H and O–H groups in total. The van der Waals surface area contributed by atoms with E-state index in [4.69, 9.17) is 9.47 Å². The minimum atomic E-state index is -0.0207. The third-order valence-corrected chi connectivity index (χ3v) is 10.6. The van der Waals surface area contributed by atoms with Crippen molar-refractivity contribution in [2.75, 3.05) is 0 Å². The van der Waals surface area contributed by atoms with E-state index in [1.54, 1.807) is 5.56 Å². The van der Waals surface area contributed by atoms with Crippen LogP contribution in [-0.2, 0) is 18.6 Å². The second kappa shape index (κ2) is 15.3. The van der Waals surface area contributed by atoms with Crippen LogP contribution in [0.1, 0.15) is 100 Å². The van der Waals surface area contributed by atoms with Crippen molar-refractivity contribution in [3.05, 3.63) is 144 Å². The molecule has 2 nitrogen and oxygen atoms in total. The largest absolute Gasteiger partial charge is 0.489 e. The number of fused-ring (bicyclic) bond motifs is 6. The molecule has 0 atom stereocenters. The first-order valence-corrected chi connectivity index (χ1v) is 18.7. The van der Waals surface area contributed by atoms with Gasteiger partial charge in [0.1, 0.15) is 24.7 Å². The van der Waals surface area contributed by atoms with E-state index in [-0.39, 0.29) is 5.41 Å². The van der Waals surface area contributed by atoms with Gasteiger partial charge in [-0.05, 0) is 104 Å². The second-order valence-electron chi connectivity index (χ2n) is 14.0. The van der Waals surface area contributed by atoms with Crippen molar-refractivity contribution in [1.29, 1.82) is 0 Å². The van der Waals surface area contributed by atoms with Gasteiger partial charge in [0, 0.05) is 5.41 Å². The maximum Gasteiger partial charge on any atom is 0.120 e. The Morgan fingerprint density at radius 2 is 1.04 bits per heavy atom. The third kappa shape index (κ3) is 7.11. The van der Waals surface area contributed by atoms with Gasteiger partial charge in [0.15, 0.2) is 0 Å². The lowest BCUT2D eigenvalue weighted by Crippen LogP contribution is -2.26. The van der Waals surface area contributed by atoms with Crippen LogP contribution in [0.3, 0.4) is 0 Å². The minimum absolute atomic E-state index is 0.0207. The van der Waals surface area contributed by atoms with Crippen LogP contribution in [0.4, 0.5) is 0 Å². The van der Waals surface area contributed by atoms with Crippen molar-refractivity contribution in [3.63, 3.8) is 0 Å². The molecule has 0 unspecified atom stereocenters. The molecule has 6 aromatic rings. The Hall–Kier alpha value is -4.56. The van der Waals surface area contributed by atoms with Gasteiger partial charge < -0.3 is 9.47 Å². The van der Waals surface area contributed by atoms with Gasteiger partial charge in [-0.15, -0.1) is 0 Å². The highest BCUT2D eigenvalue weighted by Crippen LogP contribution is 2.57. The van der Waals surface area contributed by atoms with Crippen molar-refractivity contribution in [2.24, 2.45) is 0 Å². The zero-order chi connectivity index (χ0) is 33.5. The smallest absolute Gasteiger partial charge is 0.120 e. The lowest BCUT2D eigenvalue weighted by Gasteiger charge is -2.34. The SMILES string of the molecule is CCCCCCC1(CCCCCC)c2cc3cc(OCc4ccccc4)ccc3cc2-c2ccc3cc(OCc4ccccc4)ccc3c21. The molecule has 0 fully saturated rings. The summed E-state index contributed by atoms with van der Waals surface area (Å²) in [6, 6.07) is 44.0. The molecule has 0 radical (unpaired) electrons. The van der Waals surface area contributed by atoms with Crippen LogP contribution < -0.4 is 9.47 Å². The van der Waals surface area contributed by atoms with Gasteiger partial charge in [-0.1, -0.05) is 150 Å². The van der Waals surface area contributed by atoms with Crippen LogP contribution in [0, 0.1) is 0 Å². The Morgan fingerprint density at radius 3 is 1.65 bits per heavy atom. The number of hydrogen-bond donors (Lipinski definition) is 0. The highest BCUT2D eigenvalue weighted by Gasteiger charge is 2.43. The van der Waals surface area contributed by atoms with Crippen molar-refractivity contribution in [2.45, 2.75) is 96.7 Å². The normalized spacial score (nSPS) is 13.0. The van der Waals surface area contributed by atoms with E-state index < -0.39 is 0 Å². The zero-order valence-corrected chi connectivity index (χ0v) is 29.3. The lowest BCUT2D eigenvalue weighted by atomic mass is 9.69. The molecule has 0 bridgehead atoms. The van der Waals surface area contributed by atoms with Gasteiger partial charge in [0.25, 0.3) is 0 Å². The fourth-order valence-electron chi connectivity index (χ4n) is 8.09. The van der Waals surface area contributed by atoms with Crippen LogP contribution in [0.15, 0.2) is 121 Å². The second-order valence-corrected chi connectivity index (χ2v) is 14.0. The number of rotatable bonds is 16. The quantitative estimate of drug-likeness (QED) is 0.0974. The molecular weight excluding hydrogens is 597 g/mol. The van der Waals surface area contributed by atoms with Crippen LogP contribution in [0.25, 0.3) is 32.7 Å². The molecule has 7 rings (SSSR count). The van der Waals surface area contributed by atoms with E-state index in [0.29, 0.717) is 13.2 Å². The monoisotopic (exact) mass is 646 g/mol.